The molecule has 4 N–H and O–H groups in total. The standard InChI is InChI=1S/C46H16F19N5S/c47-27-23(28(48)36(56)41(61)35(27)55)19-11-1-3-13(67-11)20(24-29(49)37(57)42(62)38(58)30(24)50)15-5-7-17(69-15)22(26-33(53)44(64)46(71-10-9-66)45(65)34(26)54)18-8-6-16(70-18)21(14-4-2-12(19)68-14)25-31(51)39(59)43(63)40(60)32(25)52/h1-8,67,70H,9-10,66H2. The molecule has 5 heterocycles. The van der Waals surface area contributed by atoms with E-state index in [1.807, 2.05) is 0 Å². The van der Waals surface area contributed by atoms with Crippen molar-refractivity contribution in [1.82, 2.24) is 19.9 Å². The van der Waals surface area contributed by atoms with Crippen LogP contribution in [0, 0.1) is 111 Å². The number of nitrogens with two attached hydrogens (primary N) is 1. The van der Waals surface area contributed by atoms with Crippen molar-refractivity contribution in [2.24, 2.45) is 5.73 Å². The molecule has 4 aromatic carbocycles. The predicted octanol–water partition coefficient (Wildman–Crippen LogP) is 14.0. The first-order valence-corrected chi connectivity index (χ1v) is 20.5. The van der Waals surface area contributed by atoms with Gasteiger partial charge in [0.2, 0.25) is 17.5 Å². The quantitative estimate of drug-likeness (QED) is 0.0643. The number of H-pyrrole nitrogens is 2. The second kappa shape index (κ2) is 17.7. The van der Waals surface area contributed by atoms with Gasteiger partial charge in [0.15, 0.2) is 93.1 Å². The summed E-state index contributed by atoms with van der Waals surface area (Å²) in [5.41, 5.74) is -14.0. The van der Waals surface area contributed by atoms with Crippen LogP contribution in [0.4, 0.5) is 83.4 Å². The van der Waals surface area contributed by atoms with Gasteiger partial charge in [-0.3, -0.25) is 0 Å². The van der Waals surface area contributed by atoms with Crippen molar-refractivity contribution in [3.63, 3.8) is 0 Å². The van der Waals surface area contributed by atoms with Crippen molar-refractivity contribution in [3.8, 4) is 44.5 Å². The fraction of sp³-hybridized carbons (Fsp3) is 0.0435. The summed E-state index contributed by atoms with van der Waals surface area (Å²) >= 11 is 0.222. The highest BCUT2D eigenvalue weighted by Gasteiger charge is 2.35. The van der Waals surface area contributed by atoms with Gasteiger partial charge in [-0.2, -0.15) is 0 Å². The Morgan fingerprint density at radius 1 is 0.310 bits per heavy atom. The Hall–Kier alpha value is -7.54. The lowest BCUT2D eigenvalue weighted by Crippen LogP contribution is -2.07. The van der Waals surface area contributed by atoms with Crippen LogP contribution in [0.5, 0.6) is 0 Å². The third-order valence-electron chi connectivity index (χ3n) is 11.0. The Kier molecular flexibility index (Phi) is 12.1. The van der Waals surface area contributed by atoms with E-state index >= 15 is 61.5 Å². The zero-order valence-corrected chi connectivity index (χ0v) is 34.9. The molecule has 0 unspecified atom stereocenters. The Bertz CT molecular complexity index is 3590. The van der Waals surface area contributed by atoms with Crippen molar-refractivity contribution >= 4 is 58.1 Å². The SMILES string of the molecule is NCCSc1c(F)c(F)c(-c2c3nc(c(-c4c(F)c(F)c(F)c(F)c4F)c4ccc([nH]4)c(-c4c(F)c(F)c(F)c(F)c4F)c4nc(c(-c5c(F)c(F)c(F)c(F)c5F)c5ccc2[nH]5)C=C4)C=C3)c(F)c1F. The molecule has 71 heavy (non-hydrogen) atoms. The van der Waals surface area contributed by atoms with Crippen LogP contribution < -0.4 is 5.73 Å². The maximum atomic E-state index is 16.4. The molecule has 0 aliphatic carbocycles. The number of aromatic nitrogens is 4. The molecule has 25 heteroatoms. The second-order valence-electron chi connectivity index (χ2n) is 14.9. The number of nitrogens with one attached hydrogen (secondary N) is 2. The number of hydrogen-bond acceptors (Lipinski definition) is 4. The van der Waals surface area contributed by atoms with Crippen LogP contribution >= 0.6 is 11.8 Å². The third-order valence-corrected chi connectivity index (χ3v) is 12.1. The van der Waals surface area contributed by atoms with Crippen LogP contribution in [0.15, 0.2) is 29.2 Å². The summed E-state index contributed by atoms with van der Waals surface area (Å²) in [6, 6.07) is 2.75. The molecule has 3 aromatic heterocycles. The van der Waals surface area contributed by atoms with E-state index in [4.69, 9.17) is 5.73 Å². The van der Waals surface area contributed by atoms with Crippen LogP contribution in [-0.4, -0.2) is 32.2 Å². The number of nitrogens with zero attached hydrogens (tertiary/aromatic N) is 2. The Morgan fingerprint density at radius 2 is 0.521 bits per heavy atom. The molecule has 0 saturated heterocycles. The number of aromatic amines is 2. The summed E-state index contributed by atoms with van der Waals surface area (Å²) in [4.78, 5) is 11.4. The minimum Gasteiger partial charge on any atom is -0.354 e. The predicted molar refractivity (Wildman–Crippen MR) is 220 cm³/mol. The number of rotatable bonds is 7. The summed E-state index contributed by atoms with van der Waals surface area (Å²) < 4.78 is 293. The van der Waals surface area contributed by atoms with Crippen LogP contribution in [0.1, 0.15) is 22.8 Å². The summed E-state index contributed by atoms with van der Waals surface area (Å²) in [5, 5.41) is 0. The number of benzene rings is 4. The van der Waals surface area contributed by atoms with Gasteiger partial charge in [0.05, 0.1) is 49.9 Å². The zero-order chi connectivity index (χ0) is 51.4. The topological polar surface area (TPSA) is 83.4 Å². The molecule has 2 aliphatic rings. The van der Waals surface area contributed by atoms with E-state index in [0.717, 1.165) is 6.07 Å². The fourth-order valence-corrected chi connectivity index (χ4v) is 8.60. The summed E-state index contributed by atoms with van der Waals surface area (Å²) in [5.74, 6) is -47.9. The minimum atomic E-state index is -2.70. The van der Waals surface area contributed by atoms with Gasteiger partial charge in [-0.15, -0.1) is 11.8 Å². The highest BCUT2D eigenvalue weighted by molar-refractivity contribution is 7.99. The third kappa shape index (κ3) is 7.33. The first kappa shape index (κ1) is 48.5. The van der Waals surface area contributed by atoms with E-state index < -0.39 is 205 Å². The molecule has 364 valence electrons. The summed E-state index contributed by atoms with van der Waals surface area (Å²) in [6.07, 6.45) is 2.64. The van der Waals surface area contributed by atoms with Gasteiger partial charge in [-0.1, -0.05) is 0 Å². The van der Waals surface area contributed by atoms with Crippen molar-refractivity contribution in [2.75, 3.05) is 12.3 Å². The highest BCUT2D eigenvalue weighted by Crippen LogP contribution is 2.45. The average Bonchev–Trinajstić information content (AvgIpc) is 4.22. The Balaban J connectivity index is 1.58. The van der Waals surface area contributed by atoms with Gasteiger partial charge >= 0.3 is 0 Å². The molecule has 5 nitrogen and oxygen atoms in total. The lowest BCUT2D eigenvalue weighted by atomic mass is 10.0. The molecule has 0 amide bonds. The summed E-state index contributed by atoms with van der Waals surface area (Å²) in [6.45, 7) is -0.264. The number of fused-ring (bicyclic) bond motifs is 8. The number of hydrogen-bond donors (Lipinski definition) is 3. The van der Waals surface area contributed by atoms with Crippen molar-refractivity contribution < 1.29 is 83.4 Å². The van der Waals surface area contributed by atoms with Crippen LogP contribution in [0.25, 0.3) is 90.9 Å². The van der Waals surface area contributed by atoms with Gasteiger partial charge in [0, 0.05) is 56.6 Å². The van der Waals surface area contributed by atoms with E-state index in [1.165, 1.54) is 0 Å². The largest absolute Gasteiger partial charge is 0.354 e. The van der Waals surface area contributed by atoms with E-state index in [1.54, 1.807) is 0 Å². The minimum absolute atomic E-state index is 0.222. The van der Waals surface area contributed by atoms with E-state index in [9.17, 15) is 22.0 Å². The van der Waals surface area contributed by atoms with Crippen LogP contribution in [0.3, 0.4) is 0 Å². The first-order chi connectivity index (χ1) is 33.6. The zero-order valence-electron chi connectivity index (χ0n) is 34.1. The van der Waals surface area contributed by atoms with Crippen LogP contribution in [-0.2, 0) is 0 Å². The van der Waals surface area contributed by atoms with Gasteiger partial charge in [0.1, 0.15) is 0 Å². The maximum absolute atomic E-state index is 16.4. The molecule has 0 spiro atoms. The molecule has 0 fully saturated rings. The Morgan fingerprint density at radius 3 is 0.746 bits per heavy atom. The molecule has 2 aliphatic heterocycles. The molecule has 7 aromatic rings. The maximum Gasteiger partial charge on any atom is 0.200 e. The van der Waals surface area contributed by atoms with Gasteiger partial charge in [0.25, 0.3) is 0 Å². The van der Waals surface area contributed by atoms with E-state index in [-0.39, 0.29) is 24.1 Å². The van der Waals surface area contributed by atoms with Crippen LogP contribution in [0.2, 0.25) is 0 Å². The fourth-order valence-electron chi connectivity index (χ4n) is 7.85. The van der Waals surface area contributed by atoms with Gasteiger partial charge in [-0.25, -0.2) is 93.4 Å². The smallest absolute Gasteiger partial charge is 0.200 e. The van der Waals surface area contributed by atoms with E-state index in [2.05, 4.69) is 19.9 Å². The monoisotopic (exact) mass is 1030 g/mol. The first-order valence-electron chi connectivity index (χ1n) is 19.5. The molecule has 0 radical (unpaired) electrons. The molecule has 8 bridgehead atoms. The normalized spacial score (nSPS) is 12.3. The van der Waals surface area contributed by atoms with Crippen molar-refractivity contribution in [3.05, 3.63) is 158 Å². The lowest BCUT2D eigenvalue weighted by molar-refractivity contribution is 0.381. The van der Waals surface area contributed by atoms with Gasteiger partial charge in [-0.05, 0) is 48.6 Å². The summed E-state index contributed by atoms with van der Waals surface area (Å²) in [7, 11) is 0. The molecular formula is C46H16F19N5S. The molecule has 9 rings (SSSR count). The Labute approximate surface area is 385 Å². The van der Waals surface area contributed by atoms with Gasteiger partial charge < -0.3 is 15.7 Å². The number of thioether (sulfide) groups is 1. The van der Waals surface area contributed by atoms with E-state index in [0.29, 0.717) is 42.5 Å². The average molecular weight is 1030 g/mol. The highest BCUT2D eigenvalue weighted by atomic mass is 32.2. The molecule has 0 atom stereocenters. The molecule has 0 saturated carbocycles. The lowest BCUT2D eigenvalue weighted by Gasteiger charge is -2.13. The second-order valence-corrected chi connectivity index (χ2v) is 16.0. The van der Waals surface area contributed by atoms with Crippen molar-refractivity contribution in [1.29, 1.82) is 0 Å². The molecular weight excluding hydrogens is 1020 g/mol. The number of halogens is 19. The van der Waals surface area contributed by atoms with Crippen molar-refractivity contribution in [2.45, 2.75) is 4.90 Å².